The van der Waals surface area contributed by atoms with Crippen molar-refractivity contribution in [1.29, 1.82) is 0 Å². The molecule has 82 heavy (non-hydrogen) atoms. The smallest absolute Gasteiger partial charge is 0.306 e. The Hall–Kier alpha value is -3.41. The maximum Gasteiger partial charge on any atom is 0.306 e. The molecule has 0 aromatic carbocycles. The minimum absolute atomic E-state index is 0.0825. The van der Waals surface area contributed by atoms with Crippen LogP contribution in [0.2, 0.25) is 0 Å². The van der Waals surface area contributed by atoms with E-state index in [1.54, 1.807) is 0 Å². The molecule has 6 nitrogen and oxygen atoms in total. The fourth-order valence-electron chi connectivity index (χ4n) is 10.4. The minimum Gasteiger partial charge on any atom is -0.462 e. The first-order valence-electron chi connectivity index (χ1n) is 35.6. The molecule has 0 radical (unpaired) electrons. The molecule has 0 heterocycles. The first-order chi connectivity index (χ1) is 40.5. The third-order valence-electron chi connectivity index (χ3n) is 15.7. The highest BCUT2D eigenvalue weighted by Gasteiger charge is 2.19. The Morgan fingerprint density at radius 2 is 0.476 bits per heavy atom. The average Bonchev–Trinajstić information content (AvgIpc) is 3.47. The summed E-state index contributed by atoms with van der Waals surface area (Å²) in [6.07, 6.45) is 93.3. The van der Waals surface area contributed by atoms with Crippen molar-refractivity contribution in [1.82, 2.24) is 0 Å². The van der Waals surface area contributed by atoms with Crippen molar-refractivity contribution in [3.05, 3.63) is 85.1 Å². The van der Waals surface area contributed by atoms with Gasteiger partial charge in [0, 0.05) is 19.3 Å². The summed E-state index contributed by atoms with van der Waals surface area (Å²) in [4.78, 5) is 38.4. The van der Waals surface area contributed by atoms with Gasteiger partial charge in [-0.1, -0.05) is 350 Å². The highest BCUT2D eigenvalue weighted by Crippen LogP contribution is 2.18. The fraction of sp³-hybridized carbons (Fsp3) is 0.776. The summed E-state index contributed by atoms with van der Waals surface area (Å²) >= 11 is 0. The Morgan fingerprint density at radius 1 is 0.256 bits per heavy atom. The Morgan fingerprint density at radius 3 is 0.744 bits per heavy atom. The zero-order valence-corrected chi connectivity index (χ0v) is 54.5. The molecule has 0 aliphatic heterocycles. The SMILES string of the molecule is CC/C=C\C/C=C\C/C=C\C/C=C\C/C=C\C/C=C\C/C=C\CCCCCC(=O)OCC(COC(=O)CCCCCCCCCCCCCCCC)OC(=O)CCCCCCCCCCCCCCCCCCCCCCCCCCC. The lowest BCUT2D eigenvalue weighted by molar-refractivity contribution is -0.167. The lowest BCUT2D eigenvalue weighted by Gasteiger charge is -2.18. The topological polar surface area (TPSA) is 78.9 Å². The summed E-state index contributed by atoms with van der Waals surface area (Å²) in [6, 6.07) is 0. The Bertz CT molecular complexity index is 1550. The van der Waals surface area contributed by atoms with Crippen LogP contribution >= 0.6 is 0 Å². The number of hydrogen-bond donors (Lipinski definition) is 0. The molecule has 0 saturated heterocycles. The van der Waals surface area contributed by atoms with E-state index in [-0.39, 0.29) is 31.1 Å². The number of esters is 3. The van der Waals surface area contributed by atoms with Crippen LogP contribution in [0, 0.1) is 0 Å². The molecule has 6 heteroatoms. The minimum atomic E-state index is -0.790. The van der Waals surface area contributed by atoms with Crippen LogP contribution in [0.15, 0.2) is 85.1 Å². The van der Waals surface area contributed by atoms with Gasteiger partial charge >= 0.3 is 17.9 Å². The predicted molar refractivity (Wildman–Crippen MR) is 358 cm³/mol. The first-order valence-corrected chi connectivity index (χ1v) is 35.6. The summed E-state index contributed by atoms with van der Waals surface area (Å²) in [5, 5.41) is 0. The van der Waals surface area contributed by atoms with E-state index in [1.807, 2.05) is 0 Å². The van der Waals surface area contributed by atoms with Gasteiger partial charge in [-0.05, 0) is 77.0 Å². The maximum atomic E-state index is 13.0. The molecule has 0 spiro atoms. The average molecular weight is 1140 g/mol. The van der Waals surface area contributed by atoms with Gasteiger partial charge < -0.3 is 14.2 Å². The van der Waals surface area contributed by atoms with E-state index in [2.05, 4.69) is 106 Å². The van der Waals surface area contributed by atoms with E-state index in [9.17, 15) is 14.4 Å². The molecule has 0 bridgehead atoms. The number of rotatable bonds is 65. The molecule has 0 aromatic rings. The standard InChI is InChI=1S/C76H134O6/c1-4-7-10-13-16-19-22-25-28-30-32-34-36-38-40-42-44-46-48-51-54-57-60-63-66-69-75(78)81-72-73(71-80-74(77)68-65-62-59-56-53-50-27-24-21-18-15-12-9-6-3)82-76(79)70-67-64-61-58-55-52-49-47-45-43-41-39-37-35-33-31-29-26-23-20-17-14-11-8-5-2/h7,10,16,19,25,28,32,34,38,40,44,46,51,54,73H,4-6,8-9,11-15,17-18,20-24,26-27,29-31,33,35-37,39,41-43,45,47-50,52-53,55-72H2,1-3H3/b10-7-,19-16-,28-25-,34-32-,40-38-,46-44-,54-51-. The number of carbonyl (C=O) groups is 3. The summed E-state index contributed by atoms with van der Waals surface area (Å²) in [7, 11) is 0. The van der Waals surface area contributed by atoms with Crippen molar-refractivity contribution in [2.24, 2.45) is 0 Å². The number of carbonyl (C=O) groups excluding carboxylic acids is 3. The highest BCUT2D eigenvalue weighted by molar-refractivity contribution is 5.71. The van der Waals surface area contributed by atoms with Crippen molar-refractivity contribution in [3.63, 3.8) is 0 Å². The third kappa shape index (κ3) is 67.4. The van der Waals surface area contributed by atoms with Gasteiger partial charge in [0.15, 0.2) is 6.10 Å². The summed E-state index contributed by atoms with van der Waals surface area (Å²) in [5.41, 5.74) is 0. The van der Waals surface area contributed by atoms with Crippen molar-refractivity contribution in [3.8, 4) is 0 Å². The second-order valence-electron chi connectivity index (χ2n) is 23.8. The molecule has 474 valence electrons. The third-order valence-corrected chi connectivity index (χ3v) is 15.7. The van der Waals surface area contributed by atoms with Crippen molar-refractivity contribution >= 4 is 17.9 Å². The monoisotopic (exact) mass is 1140 g/mol. The van der Waals surface area contributed by atoms with Crippen LogP contribution in [0.3, 0.4) is 0 Å². The number of allylic oxidation sites excluding steroid dienone is 14. The molecule has 0 rings (SSSR count). The number of hydrogen-bond acceptors (Lipinski definition) is 6. The van der Waals surface area contributed by atoms with Crippen LogP contribution in [-0.4, -0.2) is 37.2 Å². The lowest BCUT2D eigenvalue weighted by Crippen LogP contribution is -2.30. The first kappa shape index (κ1) is 78.6. The molecular formula is C76H134O6. The van der Waals surface area contributed by atoms with E-state index in [4.69, 9.17) is 14.2 Å². The zero-order chi connectivity index (χ0) is 59.2. The van der Waals surface area contributed by atoms with Gasteiger partial charge in [-0.2, -0.15) is 0 Å². The van der Waals surface area contributed by atoms with Crippen LogP contribution < -0.4 is 0 Å². The van der Waals surface area contributed by atoms with Gasteiger partial charge in [-0.25, -0.2) is 0 Å². The van der Waals surface area contributed by atoms with Gasteiger partial charge in [-0.3, -0.25) is 14.4 Å². The van der Waals surface area contributed by atoms with Crippen molar-refractivity contribution in [2.75, 3.05) is 13.2 Å². The molecule has 0 aliphatic carbocycles. The summed E-state index contributed by atoms with van der Waals surface area (Å²) in [6.45, 7) is 6.56. The quantitative estimate of drug-likeness (QED) is 0.0261. The van der Waals surface area contributed by atoms with Gasteiger partial charge in [0.05, 0.1) is 0 Å². The molecule has 1 atom stereocenters. The van der Waals surface area contributed by atoms with E-state index in [1.165, 1.54) is 212 Å². The van der Waals surface area contributed by atoms with Crippen LogP contribution in [-0.2, 0) is 28.6 Å². The second kappa shape index (κ2) is 70.1. The molecule has 0 aromatic heterocycles. The molecular weight excluding hydrogens is 1010 g/mol. The van der Waals surface area contributed by atoms with Crippen LogP contribution in [0.4, 0.5) is 0 Å². The Kier molecular flexibility index (Phi) is 67.2. The van der Waals surface area contributed by atoms with Gasteiger partial charge in [0.1, 0.15) is 13.2 Å². The molecule has 0 amide bonds. The van der Waals surface area contributed by atoms with Gasteiger partial charge in [-0.15, -0.1) is 0 Å². The van der Waals surface area contributed by atoms with Crippen molar-refractivity contribution in [2.45, 2.75) is 367 Å². The van der Waals surface area contributed by atoms with E-state index in [0.717, 1.165) is 109 Å². The van der Waals surface area contributed by atoms with Crippen LogP contribution in [0.5, 0.6) is 0 Å². The molecule has 0 saturated carbocycles. The molecule has 0 aliphatic rings. The van der Waals surface area contributed by atoms with Gasteiger partial charge in [0.25, 0.3) is 0 Å². The van der Waals surface area contributed by atoms with E-state index >= 15 is 0 Å². The van der Waals surface area contributed by atoms with Crippen LogP contribution in [0.25, 0.3) is 0 Å². The van der Waals surface area contributed by atoms with Crippen LogP contribution in [0.1, 0.15) is 361 Å². The second-order valence-corrected chi connectivity index (χ2v) is 23.8. The normalized spacial score (nSPS) is 12.6. The fourth-order valence-corrected chi connectivity index (χ4v) is 10.4. The predicted octanol–water partition coefficient (Wildman–Crippen LogP) is 24.6. The summed E-state index contributed by atoms with van der Waals surface area (Å²) < 4.78 is 17.0. The molecule has 0 N–H and O–H groups in total. The Balaban J connectivity index is 4.35. The number of ether oxygens (including phenoxy) is 3. The summed E-state index contributed by atoms with van der Waals surface area (Å²) in [5.74, 6) is -0.895. The highest BCUT2D eigenvalue weighted by atomic mass is 16.6. The van der Waals surface area contributed by atoms with E-state index < -0.39 is 6.10 Å². The Labute approximate surface area is 509 Å². The van der Waals surface area contributed by atoms with E-state index in [0.29, 0.717) is 19.3 Å². The lowest BCUT2D eigenvalue weighted by atomic mass is 10.0. The van der Waals surface area contributed by atoms with Gasteiger partial charge in [0.2, 0.25) is 0 Å². The number of unbranched alkanes of at least 4 members (excludes halogenated alkanes) is 40. The zero-order valence-electron chi connectivity index (χ0n) is 54.5. The van der Waals surface area contributed by atoms with Crippen molar-refractivity contribution < 1.29 is 28.6 Å². The largest absolute Gasteiger partial charge is 0.462 e. The maximum absolute atomic E-state index is 13.0. The molecule has 0 fully saturated rings. The molecule has 1 unspecified atom stereocenters.